The summed E-state index contributed by atoms with van der Waals surface area (Å²) in [6, 6.07) is 0. The molecule has 0 aromatic carbocycles. The van der Waals surface area contributed by atoms with Gasteiger partial charge in [0, 0.05) is 28.8 Å². The van der Waals surface area contributed by atoms with Crippen LogP contribution in [-0.2, 0) is 24.2 Å². The highest BCUT2D eigenvalue weighted by molar-refractivity contribution is 7.19. The number of thiazole rings is 1. The second kappa shape index (κ2) is 7.02. The van der Waals surface area contributed by atoms with Crippen LogP contribution < -0.4 is 5.32 Å². The number of aryl methyl sites for hydroxylation is 1. The van der Waals surface area contributed by atoms with Crippen LogP contribution in [0.1, 0.15) is 47.7 Å². The van der Waals surface area contributed by atoms with Crippen molar-refractivity contribution in [3.63, 3.8) is 0 Å². The number of allylic oxidation sites excluding steroid dienone is 1. The topological polar surface area (TPSA) is 45.2 Å². The van der Waals surface area contributed by atoms with E-state index in [9.17, 15) is 4.79 Å². The van der Waals surface area contributed by atoms with Crippen LogP contribution in [0, 0.1) is 0 Å². The van der Waals surface area contributed by atoms with Crippen molar-refractivity contribution in [3.05, 3.63) is 27.1 Å². The Morgan fingerprint density at radius 2 is 2.20 bits per heavy atom. The minimum absolute atomic E-state index is 0.00813. The van der Waals surface area contributed by atoms with Crippen LogP contribution in [0.3, 0.4) is 0 Å². The summed E-state index contributed by atoms with van der Waals surface area (Å²) in [6.45, 7) is 6.99. The minimum atomic E-state index is -0.00813. The first-order chi connectivity index (χ1) is 12.2. The molecule has 4 rings (SSSR count). The second-order valence-corrected chi connectivity index (χ2v) is 8.82. The van der Waals surface area contributed by atoms with Crippen molar-refractivity contribution in [2.45, 2.75) is 46.1 Å². The van der Waals surface area contributed by atoms with Crippen molar-refractivity contribution in [1.29, 1.82) is 0 Å². The van der Waals surface area contributed by atoms with Crippen molar-refractivity contribution in [3.8, 4) is 10.6 Å². The first-order valence-corrected chi connectivity index (χ1v) is 10.6. The number of rotatable bonds is 3. The van der Waals surface area contributed by atoms with Crippen molar-refractivity contribution >= 4 is 39.7 Å². The first-order valence-electron chi connectivity index (χ1n) is 8.96. The van der Waals surface area contributed by atoms with Gasteiger partial charge in [0.2, 0.25) is 5.91 Å². The van der Waals surface area contributed by atoms with Gasteiger partial charge in [0.1, 0.15) is 10.0 Å². The van der Waals surface area contributed by atoms with Gasteiger partial charge in [0.15, 0.2) is 0 Å². The Balaban J connectivity index is 1.82. The molecule has 1 amide bonds. The third kappa shape index (κ3) is 3.30. The Morgan fingerprint density at radius 1 is 1.32 bits per heavy atom. The molecule has 132 valence electrons. The van der Waals surface area contributed by atoms with Gasteiger partial charge >= 0.3 is 0 Å². The van der Waals surface area contributed by atoms with E-state index in [2.05, 4.69) is 29.3 Å². The fourth-order valence-corrected chi connectivity index (χ4v) is 6.14. The number of carbonyl (C=O) groups excluding carboxylic acids is 1. The van der Waals surface area contributed by atoms with Gasteiger partial charge < -0.3 is 5.32 Å². The van der Waals surface area contributed by atoms with E-state index < -0.39 is 0 Å². The molecule has 0 unspecified atom stereocenters. The minimum Gasteiger partial charge on any atom is -0.317 e. The van der Waals surface area contributed by atoms with Gasteiger partial charge in [-0.1, -0.05) is 13.0 Å². The molecule has 6 heteroatoms. The number of hydrogen-bond donors (Lipinski definition) is 1. The largest absolute Gasteiger partial charge is 0.317 e. The quantitative estimate of drug-likeness (QED) is 0.858. The van der Waals surface area contributed by atoms with Crippen molar-refractivity contribution in [2.24, 2.45) is 0 Å². The van der Waals surface area contributed by atoms with Gasteiger partial charge in [-0.25, -0.2) is 4.98 Å². The lowest BCUT2D eigenvalue weighted by molar-refractivity contribution is -0.114. The summed E-state index contributed by atoms with van der Waals surface area (Å²) in [4.78, 5) is 21.9. The predicted molar refractivity (Wildman–Crippen MR) is 106 cm³/mol. The van der Waals surface area contributed by atoms with Gasteiger partial charge in [-0.2, -0.15) is 0 Å². The lowest BCUT2D eigenvalue weighted by Crippen LogP contribution is -2.22. The molecule has 0 radical (unpaired) electrons. The molecule has 1 aliphatic carbocycles. The van der Waals surface area contributed by atoms with Crippen molar-refractivity contribution < 1.29 is 4.79 Å². The molecule has 3 heterocycles. The summed E-state index contributed by atoms with van der Waals surface area (Å²) in [7, 11) is 0. The summed E-state index contributed by atoms with van der Waals surface area (Å²) >= 11 is 3.54. The monoisotopic (exact) mass is 373 g/mol. The molecule has 2 aromatic rings. The highest BCUT2D eigenvalue weighted by atomic mass is 32.1. The summed E-state index contributed by atoms with van der Waals surface area (Å²) < 4.78 is 0. The molecule has 0 bridgehead atoms. The number of carbonyl (C=O) groups is 1. The maximum atomic E-state index is 11.7. The number of aromatic nitrogens is 1. The SMILES string of the molecule is CCN1CCCc2c(sc(NC(C)=O)c2-c2nc3c(s2)CCC=C3)C1. The fraction of sp³-hybridized carbons (Fsp3) is 0.474. The smallest absolute Gasteiger partial charge is 0.221 e. The van der Waals surface area contributed by atoms with E-state index in [0.717, 1.165) is 61.0 Å². The highest BCUT2D eigenvalue weighted by Crippen LogP contribution is 2.45. The number of thiophene rings is 1. The molecular formula is C19H23N3OS2. The molecule has 4 nitrogen and oxygen atoms in total. The standard InChI is InChI=1S/C19H23N3OS2/c1-3-22-10-6-7-13-16(11-22)25-18(20-12(2)23)17(13)19-21-14-8-4-5-9-15(14)24-19/h4,8H,3,5-7,9-11H2,1-2H3,(H,20,23). The van der Waals surface area contributed by atoms with Gasteiger partial charge in [-0.15, -0.1) is 22.7 Å². The Bertz CT molecular complexity index is 834. The van der Waals surface area contributed by atoms with Crippen LogP contribution >= 0.6 is 22.7 Å². The van der Waals surface area contributed by atoms with Crippen LogP contribution in [0.4, 0.5) is 5.00 Å². The van der Waals surface area contributed by atoms with Crippen LogP contribution in [0.2, 0.25) is 0 Å². The Labute approximate surface area is 156 Å². The van der Waals surface area contributed by atoms with Gasteiger partial charge in [0.05, 0.1) is 5.69 Å². The Kier molecular flexibility index (Phi) is 4.75. The van der Waals surface area contributed by atoms with E-state index in [1.165, 1.54) is 20.9 Å². The van der Waals surface area contributed by atoms with Crippen LogP contribution in [0.25, 0.3) is 16.6 Å². The first kappa shape index (κ1) is 16.9. The predicted octanol–water partition coefficient (Wildman–Crippen LogP) is 4.56. The number of hydrogen-bond acceptors (Lipinski definition) is 5. The van der Waals surface area contributed by atoms with E-state index in [1.54, 1.807) is 29.6 Å². The zero-order chi connectivity index (χ0) is 17.4. The zero-order valence-corrected chi connectivity index (χ0v) is 16.4. The lowest BCUT2D eigenvalue weighted by Gasteiger charge is -2.16. The third-order valence-electron chi connectivity index (χ3n) is 4.85. The normalized spacial score (nSPS) is 17.0. The maximum Gasteiger partial charge on any atom is 0.221 e. The summed E-state index contributed by atoms with van der Waals surface area (Å²) in [6.07, 6.45) is 8.75. The van der Waals surface area contributed by atoms with Crippen LogP contribution in [0.15, 0.2) is 6.08 Å². The molecule has 0 spiro atoms. The summed E-state index contributed by atoms with van der Waals surface area (Å²) in [5.74, 6) is -0.00813. The highest BCUT2D eigenvalue weighted by Gasteiger charge is 2.26. The average Bonchev–Trinajstić information content (AvgIpc) is 3.08. The second-order valence-electron chi connectivity index (χ2n) is 6.63. The summed E-state index contributed by atoms with van der Waals surface area (Å²) in [5.41, 5.74) is 3.70. The molecule has 0 saturated carbocycles. The maximum absolute atomic E-state index is 11.7. The van der Waals surface area contributed by atoms with E-state index >= 15 is 0 Å². The number of nitrogens with one attached hydrogen (secondary N) is 1. The number of amides is 1. The Morgan fingerprint density at radius 3 is 2.96 bits per heavy atom. The molecule has 0 fully saturated rings. The zero-order valence-electron chi connectivity index (χ0n) is 14.7. The van der Waals surface area contributed by atoms with Gasteiger partial charge in [-0.05, 0) is 50.4 Å². The Hall–Kier alpha value is -1.50. The third-order valence-corrected chi connectivity index (χ3v) is 7.13. The average molecular weight is 374 g/mol. The lowest BCUT2D eigenvalue weighted by atomic mass is 10.1. The van der Waals surface area contributed by atoms with Crippen LogP contribution in [0.5, 0.6) is 0 Å². The molecule has 0 saturated heterocycles. The number of anilines is 1. The van der Waals surface area contributed by atoms with E-state index in [1.807, 2.05) is 0 Å². The molecule has 1 aliphatic heterocycles. The molecule has 2 aliphatic rings. The van der Waals surface area contributed by atoms with E-state index in [4.69, 9.17) is 4.98 Å². The van der Waals surface area contributed by atoms with Gasteiger partial charge in [-0.3, -0.25) is 9.69 Å². The number of fused-ring (bicyclic) bond motifs is 2. The van der Waals surface area contributed by atoms with Gasteiger partial charge in [0.25, 0.3) is 0 Å². The molecule has 2 aromatic heterocycles. The summed E-state index contributed by atoms with van der Waals surface area (Å²) in [5, 5.41) is 5.12. The van der Waals surface area contributed by atoms with E-state index in [0.29, 0.717) is 0 Å². The molecule has 25 heavy (non-hydrogen) atoms. The van der Waals surface area contributed by atoms with Crippen molar-refractivity contribution in [2.75, 3.05) is 18.4 Å². The fourth-order valence-electron chi connectivity index (χ4n) is 3.60. The molecular weight excluding hydrogens is 350 g/mol. The molecule has 1 N–H and O–H groups in total. The number of nitrogens with zero attached hydrogens (tertiary/aromatic N) is 2. The van der Waals surface area contributed by atoms with Crippen molar-refractivity contribution in [1.82, 2.24) is 9.88 Å². The van der Waals surface area contributed by atoms with E-state index in [-0.39, 0.29) is 5.91 Å². The van der Waals surface area contributed by atoms with Crippen LogP contribution in [-0.4, -0.2) is 28.9 Å². The molecule has 0 atom stereocenters.